The molecular formula is C11H14O2. The summed E-state index contributed by atoms with van der Waals surface area (Å²) in [7, 11) is 0. The van der Waals surface area contributed by atoms with E-state index in [1.54, 1.807) is 6.26 Å². The highest BCUT2D eigenvalue weighted by Crippen LogP contribution is 2.51. The molecule has 1 aromatic heterocycles. The minimum absolute atomic E-state index is 0.0762. The highest BCUT2D eigenvalue weighted by Gasteiger charge is 2.43. The molecule has 0 unspecified atom stereocenters. The molecule has 0 atom stereocenters. The Morgan fingerprint density at radius 3 is 2.92 bits per heavy atom. The summed E-state index contributed by atoms with van der Waals surface area (Å²) in [5.41, 5.74) is 1.30. The molecule has 0 saturated heterocycles. The van der Waals surface area contributed by atoms with E-state index < -0.39 is 0 Å². The fraction of sp³-hybridized carbons (Fsp3) is 0.455. The number of hydrogen-bond acceptors (Lipinski definition) is 2. The fourth-order valence-electron chi connectivity index (χ4n) is 1.57. The summed E-state index contributed by atoms with van der Waals surface area (Å²) < 4.78 is 5.21. The highest BCUT2D eigenvalue weighted by atomic mass is 16.3. The van der Waals surface area contributed by atoms with Crippen LogP contribution in [0.2, 0.25) is 0 Å². The van der Waals surface area contributed by atoms with Gasteiger partial charge >= 0.3 is 0 Å². The number of hydrogen-bond donors (Lipinski definition) is 1. The van der Waals surface area contributed by atoms with Crippen molar-refractivity contribution in [3.8, 4) is 0 Å². The summed E-state index contributed by atoms with van der Waals surface area (Å²) in [5, 5.41) is 9.18. The Morgan fingerprint density at radius 2 is 2.46 bits per heavy atom. The molecule has 1 aromatic rings. The maximum absolute atomic E-state index is 9.18. The van der Waals surface area contributed by atoms with E-state index in [1.807, 2.05) is 18.2 Å². The van der Waals surface area contributed by atoms with Gasteiger partial charge in [0, 0.05) is 5.41 Å². The zero-order chi connectivity index (χ0) is 9.31. The molecule has 0 amide bonds. The van der Waals surface area contributed by atoms with Crippen LogP contribution in [0, 0.1) is 5.41 Å². The summed E-state index contributed by atoms with van der Waals surface area (Å²) in [6.07, 6.45) is 5.89. The van der Waals surface area contributed by atoms with Crippen molar-refractivity contribution >= 4 is 6.08 Å². The van der Waals surface area contributed by atoms with E-state index in [0.29, 0.717) is 0 Å². The molecular weight excluding hydrogens is 164 g/mol. The van der Waals surface area contributed by atoms with Crippen LogP contribution in [0.25, 0.3) is 6.08 Å². The van der Waals surface area contributed by atoms with Crippen molar-refractivity contribution in [2.24, 2.45) is 5.41 Å². The number of aliphatic hydroxyl groups is 1. The monoisotopic (exact) mass is 178 g/mol. The van der Waals surface area contributed by atoms with Crippen molar-refractivity contribution < 1.29 is 9.52 Å². The summed E-state index contributed by atoms with van der Waals surface area (Å²) >= 11 is 0. The summed E-state index contributed by atoms with van der Waals surface area (Å²) in [4.78, 5) is 0. The van der Waals surface area contributed by atoms with E-state index in [1.165, 1.54) is 5.57 Å². The van der Waals surface area contributed by atoms with Crippen LogP contribution in [-0.4, -0.2) is 11.7 Å². The molecule has 2 heteroatoms. The van der Waals surface area contributed by atoms with E-state index in [-0.39, 0.29) is 12.0 Å². The molecule has 0 spiro atoms. The van der Waals surface area contributed by atoms with Gasteiger partial charge in [-0.3, -0.25) is 0 Å². The third kappa shape index (κ3) is 1.54. The fourth-order valence-corrected chi connectivity index (χ4v) is 1.57. The lowest BCUT2D eigenvalue weighted by Gasteiger charge is -2.11. The third-order valence-corrected chi connectivity index (χ3v) is 2.89. The SMILES string of the molecule is C/C(=C\c1ccco1)C1(CO)CC1. The van der Waals surface area contributed by atoms with Gasteiger partial charge in [0.15, 0.2) is 0 Å². The minimum Gasteiger partial charge on any atom is -0.465 e. The van der Waals surface area contributed by atoms with Crippen molar-refractivity contribution in [3.05, 3.63) is 29.7 Å². The second kappa shape index (κ2) is 3.04. The predicted molar refractivity (Wildman–Crippen MR) is 51.1 cm³/mol. The second-order valence-corrected chi connectivity index (χ2v) is 3.78. The van der Waals surface area contributed by atoms with Crippen molar-refractivity contribution in [1.82, 2.24) is 0 Å². The summed E-state index contributed by atoms with van der Waals surface area (Å²) in [5.74, 6) is 0.872. The number of furan rings is 1. The Balaban J connectivity index is 2.17. The first kappa shape index (κ1) is 8.57. The molecule has 0 bridgehead atoms. The third-order valence-electron chi connectivity index (χ3n) is 2.89. The molecule has 1 N–H and O–H groups in total. The standard InChI is InChI=1S/C11H14O2/c1-9(11(8-12)4-5-11)7-10-3-2-6-13-10/h2-3,6-7,12H,4-5,8H2,1H3/b9-7+. The Kier molecular flexibility index (Phi) is 2.00. The Bertz CT molecular complexity index is 305. The number of aliphatic hydroxyl groups excluding tert-OH is 1. The predicted octanol–water partition coefficient (Wildman–Crippen LogP) is 2.46. The maximum atomic E-state index is 9.18. The molecule has 1 aliphatic carbocycles. The van der Waals surface area contributed by atoms with Crippen LogP contribution in [0.4, 0.5) is 0 Å². The topological polar surface area (TPSA) is 33.4 Å². The molecule has 2 rings (SSSR count). The van der Waals surface area contributed by atoms with Crippen LogP contribution in [0.1, 0.15) is 25.5 Å². The first-order chi connectivity index (χ1) is 6.27. The molecule has 2 nitrogen and oxygen atoms in total. The van der Waals surface area contributed by atoms with Crippen LogP contribution in [0.15, 0.2) is 28.4 Å². The molecule has 1 fully saturated rings. The van der Waals surface area contributed by atoms with Gasteiger partial charge in [-0.1, -0.05) is 5.57 Å². The van der Waals surface area contributed by atoms with Gasteiger partial charge in [0.1, 0.15) is 5.76 Å². The maximum Gasteiger partial charge on any atom is 0.126 e. The lowest BCUT2D eigenvalue weighted by Crippen LogP contribution is -2.07. The Morgan fingerprint density at radius 1 is 1.69 bits per heavy atom. The van der Waals surface area contributed by atoms with E-state index >= 15 is 0 Å². The smallest absolute Gasteiger partial charge is 0.126 e. The van der Waals surface area contributed by atoms with Gasteiger partial charge in [-0.15, -0.1) is 0 Å². The molecule has 0 radical (unpaired) electrons. The van der Waals surface area contributed by atoms with Gasteiger partial charge in [-0.25, -0.2) is 0 Å². The molecule has 0 aliphatic heterocycles. The van der Waals surface area contributed by atoms with Gasteiger partial charge in [0.25, 0.3) is 0 Å². The van der Waals surface area contributed by atoms with Gasteiger partial charge in [-0.2, -0.15) is 0 Å². The molecule has 70 valence electrons. The molecule has 0 aromatic carbocycles. The van der Waals surface area contributed by atoms with Crippen LogP contribution in [-0.2, 0) is 0 Å². The van der Waals surface area contributed by atoms with Gasteiger partial charge in [-0.05, 0) is 38.0 Å². The quantitative estimate of drug-likeness (QED) is 0.771. The van der Waals surface area contributed by atoms with Crippen molar-refractivity contribution in [2.75, 3.05) is 6.61 Å². The zero-order valence-corrected chi connectivity index (χ0v) is 7.79. The molecule has 13 heavy (non-hydrogen) atoms. The van der Waals surface area contributed by atoms with E-state index in [4.69, 9.17) is 4.42 Å². The Labute approximate surface area is 77.9 Å². The first-order valence-electron chi connectivity index (χ1n) is 4.60. The molecule has 1 aliphatic rings. The molecule has 1 heterocycles. The summed E-state index contributed by atoms with van der Waals surface area (Å²) in [6, 6.07) is 3.80. The van der Waals surface area contributed by atoms with Crippen LogP contribution in [0.3, 0.4) is 0 Å². The summed E-state index contributed by atoms with van der Waals surface area (Å²) in [6.45, 7) is 2.32. The minimum atomic E-state index is 0.0762. The largest absolute Gasteiger partial charge is 0.465 e. The van der Waals surface area contributed by atoms with Crippen molar-refractivity contribution in [2.45, 2.75) is 19.8 Å². The zero-order valence-electron chi connectivity index (χ0n) is 7.79. The highest BCUT2D eigenvalue weighted by molar-refractivity contribution is 5.50. The van der Waals surface area contributed by atoms with E-state index in [9.17, 15) is 5.11 Å². The van der Waals surface area contributed by atoms with E-state index in [0.717, 1.165) is 18.6 Å². The van der Waals surface area contributed by atoms with Gasteiger partial charge in [0.2, 0.25) is 0 Å². The lowest BCUT2D eigenvalue weighted by atomic mass is 9.98. The van der Waals surface area contributed by atoms with Crippen molar-refractivity contribution in [1.29, 1.82) is 0 Å². The van der Waals surface area contributed by atoms with E-state index in [2.05, 4.69) is 6.92 Å². The van der Waals surface area contributed by atoms with Gasteiger partial charge in [0.05, 0.1) is 12.9 Å². The normalized spacial score (nSPS) is 20.3. The average Bonchev–Trinajstić information content (AvgIpc) is 2.79. The lowest BCUT2D eigenvalue weighted by molar-refractivity contribution is 0.235. The molecule has 1 saturated carbocycles. The Hall–Kier alpha value is -1.02. The van der Waals surface area contributed by atoms with Gasteiger partial charge < -0.3 is 9.52 Å². The first-order valence-corrected chi connectivity index (χ1v) is 4.60. The number of rotatable bonds is 3. The average molecular weight is 178 g/mol. The van der Waals surface area contributed by atoms with Crippen LogP contribution in [0.5, 0.6) is 0 Å². The second-order valence-electron chi connectivity index (χ2n) is 3.78. The van der Waals surface area contributed by atoms with Crippen LogP contribution >= 0.6 is 0 Å². The van der Waals surface area contributed by atoms with Crippen molar-refractivity contribution in [3.63, 3.8) is 0 Å². The van der Waals surface area contributed by atoms with Crippen LogP contribution < -0.4 is 0 Å².